The molecule has 0 bridgehead atoms. The minimum Gasteiger partial charge on any atom is -0.301 e. The molecule has 0 spiro atoms. The third-order valence-corrected chi connectivity index (χ3v) is 0.612. The molecule has 0 fully saturated rings. The Morgan fingerprint density at radius 1 is 1.29 bits per heavy atom. The van der Waals surface area contributed by atoms with Crippen molar-refractivity contribution >= 4 is 12.4 Å². The molecule has 6 N–H and O–H groups in total. The average molecular weight is 126 g/mol. The summed E-state index contributed by atoms with van der Waals surface area (Å²) in [6.07, 6.45) is 0.604. The lowest BCUT2D eigenvalue weighted by molar-refractivity contribution is 0.446. The predicted molar refractivity (Wildman–Crippen MR) is 32.8 cm³/mol. The Labute approximate surface area is 49.6 Å². The van der Waals surface area contributed by atoms with Gasteiger partial charge in [-0.05, 0) is 6.42 Å². The summed E-state index contributed by atoms with van der Waals surface area (Å²) in [6, 6.07) is 0. The Hall–Kier alpha value is 0.170. The van der Waals surface area contributed by atoms with Gasteiger partial charge in [-0.15, -0.1) is 12.4 Å². The van der Waals surface area contributed by atoms with E-state index in [0.29, 0.717) is 6.42 Å². The van der Waals surface area contributed by atoms with Gasteiger partial charge in [-0.1, -0.05) is 6.92 Å². The van der Waals surface area contributed by atoms with E-state index in [2.05, 4.69) is 0 Å². The van der Waals surface area contributed by atoms with Gasteiger partial charge >= 0.3 is 0 Å². The van der Waals surface area contributed by atoms with Crippen LogP contribution in [0.25, 0.3) is 0 Å². The maximum Gasteiger partial charge on any atom is 0.115 e. The van der Waals surface area contributed by atoms with Crippen molar-refractivity contribution in [1.29, 1.82) is 0 Å². The van der Waals surface area contributed by atoms with Gasteiger partial charge in [-0.25, -0.2) is 0 Å². The predicted octanol–water partition coefficient (Wildman–Crippen LogP) is -0.652. The van der Waals surface area contributed by atoms with Crippen LogP contribution in [0.4, 0.5) is 0 Å². The van der Waals surface area contributed by atoms with E-state index in [1.54, 1.807) is 0 Å². The number of rotatable bonds is 1. The zero-order valence-corrected chi connectivity index (χ0v) is 5.16. The maximum atomic E-state index is 5.09. The molecule has 0 radical (unpaired) electrons. The molecule has 46 valence electrons. The van der Waals surface area contributed by atoms with E-state index in [1.807, 2.05) is 6.92 Å². The zero-order valence-electron chi connectivity index (χ0n) is 4.35. The van der Waals surface area contributed by atoms with Crippen LogP contribution in [0.2, 0.25) is 0 Å². The molecule has 4 heteroatoms. The van der Waals surface area contributed by atoms with Crippen molar-refractivity contribution in [3.63, 3.8) is 0 Å². The van der Waals surface area contributed by atoms with Crippen molar-refractivity contribution in [3.05, 3.63) is 0 Å². The average Bonchev–Trinajstić information content (AvgIpc) is 1.35. The minimum absolute atomic E-state index is 0. The lowest BCUT2D eigenvalue weighted by Crippen LogP contribution is -2.57. The molecule has 0 saturated heterocycles. The van der Waals surface area contributed by atoms with E-state index in [-0.39, 0.29) is 12.4 Å². The molecule has 0 heterocycles. The van der Waals surface area contributed by atoms with Gasteiger partial charge in [-0.2, -0.15) is 0 Å². The molecule has 0 amide bonds. The first-order chi connectivity index (χ1) is 2.56. The number of hydrogen-bond acceptors (Lipinski definition) is 3. The van der Waals surface area contributed by atoms with Crippen LogP contribution in [0, 0.1) is 0 Å². The van der Waals surface area contributed by atoms with Crippen molar-refractivity contribution in [2.45, 2.75) is 19.1 Å². The lowest BCUT2D eigenvalue weighted by atomic mass is 10.3. The van der Waals surface area contributed by atoms with Crippen LogP contribution >= 0.6 is 12.4 Å². The lowest BCUT2D eigenvalue weighted by Gasteiger charge is -2.13. The highest BCUT2D eigenvalue weighted by molar-refractivity contribution is 5.85. The number of hydrogen-bond donors (Lipinski definition) is 3. The molecule has 0 saturated carbocycles. The van der Waals surface area contributed by atoms with Crippen molar-refractivity contribution in [3.8, 4) is 0 Å². The SMILES string of the molecule is CCC(N)(N)N.Cl. The molecule has 0 aliphatic heterocycles. The van der Waals surface area contributed by atoms with Gasteiger partial charge in [0.2, 0.25) is 0 Å². The Morgan fingerprint density at radius 3 is 1.43 bits per heavy atom. The molecule has 0 unspecified atom stereocenters. The number of halogens is 1. The van der Waals surface area contributed by atoms with E-state index in [9.17, 15) is 0 Å². The van der Waals surface area contributed by atoms with E-state index >= 15 is 0 Å². The van der Waals surface area contributed by atoms with Crippen LogP contribution in [0.5, 0.6) is 0 Å². The van der Waals surface area contributed by atoms with Crippen molar-refractivity contribution < 1.29 is 0 Å². The first-order valence-electron chi connectivity index (χ1n) is 1.93. The summed E-state index contributed by atoms with van der Waals surface area (Å²) in [7, 11) is 0. The summed E-state index contributed by atoms with van der Waals surface area (Å²) in [4.78, 5) is 0. The van der Waals surface area contributed by atoms with Crippen molar-refractivity contribution in [2.24, 2.45) is 17.2 Å². The molecule has 0 aliphatic carbocycles. The molecule has 0 aromatic rings. The highest BCUT2D eigenvalue weighted by Crippen LogP contribution is 1.81. The van der Waals surface area contributed by atoms with Crippen LogP contribution < -0.4 is 17.2 Å². The second-order valence-electron chi connectivity index (χ2n) is 1.47. The van der Waals surface area contributed by atoms with Crippen LogP contribution in [0.15, 0.2) is 0 Å². The highest BCUT2D eigenvalue weighted by Gasteiger charge is 2.04. The molecule has 0 aromatic carbocycles. The van der Waals surface area contributed by atoms with Crippen LogP contribution in [0.1, 0.15) is 13.3 Å². The van der Waals surface area contributed by atoms with Gasteiger partial charge in [0.15, 0.2) is 0 Å². The Bertz CT molecular complexity index is 39.9. The van der Waals surface area contributed by atoms with E-state index in [4.69, 9.17) is 17.2 Å². The first-order valence-corrected chi connectivity index (χ1v) is 1.93. The van der Waals surface area contributed by atoms with Crippen LogP contribution in [0.3, 0.4) is 0 Å². The molecule has 0 atom stereocenters. The summed E-state index contributed by atoms with van der Waals surface area (Å²) in [5, 5.41) is 0. The molecule has 7 heavy (non-hydrogen) atoms. The molecule has 0 aliphatic rings. The number of nitrogens with two attached hydrogens (primary N) is 3. The van der Waals surface area contributed by atoms with Crippen LogP contribution in [-0.4, -0.2) is 5.79 Å². The van der Waals surface area contributed by atoms with Crippen molar-refractivity contribution in [1.82, 2.24) is 0 Å². The topological polar surface area (TPSA) is 78.1 Å². The van der Waals surface area contributed by atoms with Gasteiger partial charge < -0.3 is 17.2 Å². The first kappa shape index (κ1) is 10.2. The molecule has 0 aromatic heterocycles. The minimum atomic E-state index is -0.958. The summed E-state index contributed by atoms with van der Waals surface area (Å²) in [5.41, 5.74) is 15.3. The third-order valence-electron chi connectivity index (χ3n) is 0.612. The Morgan fingerprint density at radius 2 is 1.43 bits per heavy atom. The molecular weight excluding hydrogens is 114 g/mol. The van der Waals surface area contributed by atoms with Gasteiger partial charge in [-0.3, -0.25) is 0 Å². The van der Waals surface area contributed by atoms with E-state index in [0.717, 1.165) is 0 Å². The molecule has 3 nitrogen and oxygen atoms in total. The monoisotopic (exact) mass is 125 g/mol. The largest absolute Gasteiger partial charge is 0.301 e. The molecule has 0 rings (SSSR count). The maximum absolute atomic E-state index is 5.09. The summed E-state index contributed by atoms with van der Waals surface area (Å²) in [5.74, 6) is -0.958. The fraction of sp³-hybridized carbons (Fsp3) is 1.00. The zero-order chi connectivity index (χ0) is 5.21. The third kappa shape index (κ3) is 10.7. The summed E-state index contributed by atoms with van der Waals surface area (Å²) in [6.45, 7) is 1.83. The van der Waals surface area contributed by atoms with E-state index < -0.39 is 5.79 Å². The Kier molecular flexibility index (Phi) is 4.68. The van der Waals surface area contributed by atoms with Gasteiger partial charge in [0.05, 0.1) is 0 Å². The van der Waals surface area contributed by atoms with Crippen LogP contribution in [-0.2, 0) is 0 Å². The van der Waals surface area contributed by atoms with E-state index in [1.165, 1.54) is 0 Å². The smallest absolute Gasteiger partial charge is 0.115 e. The van der Waals surface area contributed by atoms with Gasteiger partial charge in [0.1, 0.15) is 5.79 Å². The summed E-state index contributed by atoms with van der Waals surface area (Å²) >= 11 is 0. The normalized spacial score (nSPS) is 10.3. The second kappa shape index (κ2) is 3.21. The fourth-order valence-corrected chi connectivity index (χ4v) is 0. The molecular formula is C3H12ClN3. The summed E-state index contributed by atoms with van der Waals surface area (Å²) < 4.78 is 0. The fourth-order valence-electron chi connectivity index (χ4n) is 0. The van der Waals surface area contributed by atoms with Gasteiger partial charge in [0.25, 0.3) is 0 Å². The second-order valence-corrected chi connectivity index (χ2v) is 1.47. The van der Waals surface area contributed by atoms with Gasteiger partial charge in [0, 0.05) is 0 Å². The standard InChI is InChI=1S/C3H11N3.ClH/c1-2-3(4,5)6;/h2,4-6H2,1H3;1H. The van der Waals surface area contributed by atoms with Crippen molar-refractivity contribution in [2.75, 3.05) is 0 Å². The Balaban J connectivity index is 0. The highest BCUT2D eigenvalue weighted by atomic mass is 35.5. The quantitative estimate of drug-likeness (QED) is 0.408.